The van der Waals surface area contributed by atoms with Crippen LogP contribution in [0.2, 0.25) is 0 Å². The maximum atomic E-state index is 6.74. The molecule has 1 aliphatic heterocycles. The molecule has 3 nitrogen and oxygen atoms in total. The summed E-state index contributed by atoms with van der Waals surface area (Å²) in [5, 5.41) is 0. The standard InChI is InChI=1S/C55H37NO2/c1-4-16-38(17-5-1)39-28-32-43(33-29-39)56(49-25-13-11-22-45(49)40-18-6-2-7-19-40)44-34-30-42(31-35-44)55(41-20-8-3-9-21-41)47-24-12-10-23-46(47)53-48(55)36-37-52-54(53)58-51-27-15-14-26-50(51)57-52/h1-37H. The molecule has 0 saturated heterocycles. The average Bonchev–Trinajstić information content (AvgIpc) is 3.61. The monoisotopic (exact) mass is 743 g/mol. The van der Waals surface area contributed by atoms with Crippen molar-refractivity contribution in [3.63, 3.8) is 0 Å². The van der Waals surface area contributed by atoms with E-state index in [0.717, 1.165) is 62.3 Å². The lowest BCUT2D eigenvalue weighted by atomic mass is 9.67. The topological polar surface area (TPSA) is 21.7 Å². The minimum atomic E-state index is -0.620. The molecule has 0 radical (unpaired) electrons. The normalized spacial score (nSPS) is 14.6. The van der Waals surface area contributed by atoms with E-state index >= 15 is 0 Å². The zero-order valence-electron chi connectivity index (χ0n) is 31.6. The number of benzene rings is 9. The first-order valence-electron chi connectivity index (χ1n) is 19.8. The van der Waals surface area contributed by atoms with Crippen LogP contribution in [0.1, 0.15) is 22.3 Å². The summed E-state index contributed by atoms with van der Waals surface area (Å²) in [6.07, 6.45) is 0. The molecule has 0 spiro atoms. The van der Waals surface area contributed by atoms with Gasteiger partial charge in [0.1, 0.15) is 0 Å². The Morgan fingerprint density at radius 2 is 0.845 bits per heavy atom. The second kappa shape index (κ2) is 13.8. The zero-order chi connectivity index (χ0) is 38.5. The van der Waals surface area contributed by atoms with Crippen molar-refractivity contribution in [2.24, 2.45) is 0 Å². The first-order valence-corrected chi connectivity index (χ1v) is 19.8. The van der Waals surface area contributed by atoms with Crippen molar-refractivity contribution < 1.29 is 9.47 Å². The first-order chi connectivity index (χ1) is 28.8. The smallest absolute Gasteiger partial charge is 0.178 e. The molecule has 9 aromatic rings. The second-order valence-corrected chi connectivity index (χ2v) is 14.8. The fourth-order valence-corrected chi connectivity index (χ4v) is 9.07. The lowest BCUT2D eigenvalue weighted by Gasteiger charge is -2.35. The Hall–Kier alpha value is -7.62. The third-order valence-electron chi connectivity index (χ3n) is 11.6. The molecule has 274 valence electrons. The third kappa shape index (κ3) is 5.36. The van der Waals surface area contributed by atoms with Gasteiger partial charge in [-0.3, -0.25) is 0 Å². The molecular weight excluding hydrogens is 707 g/mol. The number of fused-ring (bicyclic) bond motifs is 6. The molecule has 1 unspecified atom stereocenters. The molecule has 0 amide bonds. The third-order valence-corrected chi connectivity index (χ3v) is 11.6. The number of ether oxygens (including phenoxy) is 2. The predicted molar refractivity (Wildman–Crippen MR) is 236 cm³/mol. The lowest BCUT2D eigenvalue weighted by Crippen LogP contribution is -2.28. The number of hydrogen-bond donors (Lipinski definition) is 0. The van der Waals surface area contributed by atoms with Gasteiger partial charge in [-0.05, 0) is 93.0 Å². The second-order valence-electron chi connectivity index (χ2n) is 14.8. The highest BCUT2D eigenvalue weighted by Crippen LogP contribution is 2.62. The summed E-state index contributed by atoms with van der Waals surface area (Å²) in [7, 11) is 0. The predicted octanol–water partition coefficient (Wildman–Crippen LogP) is 14.8. The lowest BCUT2D eigenvalue weighted by molar-refractivity contribution is 0.360. The Bertz CT molecular complexity index is 2930. The van der Waals surface area contributed by atoms with E-state index in [1.54, 1.807) is 0 Å². The van der Waals surface area contributed by atoms with Crippen molar-refractivity contribution in [1.82, 2.24) is 0 Å². The van der Waals surface area contributed by atoms with E-state index in [1.165, 1.54) is 33.4 Å². The molecule has 58 heavy (non-hydrogen) atoms. The van der Waals surface area contributed by atoms with Gasteiger partial charge in [0.25, 0.3) is 0 Å². The van der Waals surface area contributed by atoms with Crippen molar-refractivity contribution in [2.75, 3.05) is 4.90 Å². The van der Waals surface area contributed by atoms with Gasteiger partial charge in [-0.25, -0.2) is 0 Å². The van der Waals surface area contributed by atoms with Gasteiger partial charge in [0.15, 0.2) is 23.0 Å². The fraction of sp³-hybridized carbons (Fsp3) is 0.0182. The van der Waals surface area contributed by atoms with Gasteiger partial charge in [0.05, 0.1) is 11.1 Å². The summed E-state index contributed by atoms with van der Waals surface area (Å²) in [6.45, 7) is 0. The molecule has 0 saturated carbocycles. The van der Waals surface area contributed by atoms with Gasteiger partial charge in [-0.2, -0.15) is 0 Å². The maximum Gasteiger partial charge on any atom is 0.178 e. The van der Waals surface area contributed by atoms with E-state index in [2.05, 4.69) is 205 Å². The van der Waals surface area contributed by atoms with Crippen LogP contribution in [-0.4, -0.2) is 0 Å². The van der Waals surface area contributed by atoms with Gasteiger partial charge in [0.2, 0.25) is 0 Å². The Labute approximate surface area is 338 Å². The maximum absolute atomic E-state index is 6.74. The molecule has 0 N–H and O–H groups in total. The van der Waals surface area contributed by atoms with Gasteiger partial charge in [0, 0.05) is 22.5 Å². The highest BCUT2D eigenvalue weighted by Gasteiger charge is 2.48. The van der Waals surface area contributed by atoms with Gasteiger partial charge in [-0.15, -0.1) is 0 Å². The van der Waals surface area contributed by atoms with Gasteiger partial charge >= 0.3 is 0 Å². The summed E-state index contributed by atoms with van der Waals surface area (Å²) >= 11 is 0. The highest BCUT2D eigenvalue weighted by atomic mass is 16.6. The molecule has 0 aromatic heterocycles. The Balaban J connectivity index is 1.10. The van der Waals surface area contributed by atoms with Crippen molar-refractivity contribution in [2.45, 2.75) is 5.41 Å². The molecule has 1 aliphatic carbocycles. The minimum Gasteiger partial charge on any atom is -0.449 e. The van der Waals surface area contributed by atoms with Crippen LogP contribution in [0.25, 0.3) is 33.4 Å². The minimum absolute atomic E-state index is 0.620. The van der Waals surface area contributed by atoms with Crippen LogP contribution in [0.5, 0.6) is 23.0 Å². The molecule has 2 aliphatic rings. The van der Waals surface area contributed by atoms with E-state index in [1.807, 2.05) is 24.3 Å². The quantitative estimate of drug-likeness (QED) is 0.162. The average molecular weight is 744 g/mol. The molecule has 11 rings (SSSR count). The summed E-state index contributed by atoms with van der Waals surface area (Å²) in [5.74, 6) is 2.91. The molecule has 1 heterocycles. The highest BCUT2D eigenvalue weighted by molar-refractivity contribution is 5.93. The van der Waals surface area contributed by atoms with Crippen LogP contribution in [-0.2, 0) is 5.41 Å². The summed E-state index contributed by atoms with van der Waals surface area (Å²) < 4.78 is 13.2. The van der Waals surface area contributed by atoms with E-state index < -0.39 is 5.41 Å². The zero-order valence-corrected chi connectivity index (χ0v) is 31.6. The summed E-state index contributed by atoms with van der Waals surface area (Å²) in [4.78, 5) is 2.38. The number of rotatable bonds is 7. The van der Waals surface area contributed by atoms with Crippen LogP contribution in [0.3, 0.4) is 0 Å². The van der Waals surface area contributed by atoms with Crippen LogP contribution in [0, 0.1) is 0 Å². The van der Waals surface area contributed by atoms with E-state index in [4.69, 9.17) is 9.47 Å². The van der Waals surface area contributed by atoms with Crippen molar-refractivity contribution >= 4 is 17.1 Å². The van der Waals surface area contributed by atoms with Crippen LogP contribution in [0.4, 0.5) is 17.1 Å². The Morgan fingerprint density at radius 1 is 0.328 bits per heavy atom. The van der Waals surface area contributed by atoms with Crippen molar-refractivity contribution in [3.8, 4) is 56.4 Å². The van der Waals surface area contributed by atoms with Crippen LogP contribution < -0.4 is 14.4 Å². The summed E-state index contributed by atoms with van der Waals surface area (Å²) in [6, 6.07) is 79.8. The van der Waals surface area contributed by atoms with E-state index in [9.17, 15) is 0 Å². The van der Waals surface area contributed by atoms with E-state index in [-0.39, 0.29) is 0 Å². The van der Waals surface area contributed by atoms with Crippen LogP contribution in [0.15, 0.2) is 224 Å². The molecule has 0 fully saturated rings. The van der Waals surface area contributed by atoms with Crippen molar-refractivity contribution in [3.05, 3.63) is 247 Å². The van der Waals surface area contributed by atoms with Crippen LogP contribution >= 0.6 is 0 Å². The molecule has 9 aromatic carbocycles. The van der Waals surface area contributed by atoms with E-state index in [0.29, 0.717) is 0 Å². The molecular formula is C55H37NO2. The fourth-order valence-electron chi connectivity index (χ4n) is 9.07. The summed E-state index contributed by atoms with van der Waals surface area (Å²) in [5.41, 5.74) is 14.3. The van der Waals surface area contributed by atoms with Gasteiger partial charge < -0.3 is 14.4 Å². The molecule has 3 heteroatoms. The number of hydrogen-bond acceptors (Lipinski definition) is 3. The first kappa shape index (κ1) is 33.7. The molecule has 1 atom stereocenters. The van der Waals surface area contributed by atoms with Gasteiger partial charge in [-0.1, -0.05) is 176 Å². The Morgan fingerprint density at radius 3 is 1.55 bits per heavy atom. The SMILES string of the molecule is c1ccc(-c2ccc(N(c3ccc(C4(c5ccccc5)c5ccccc5-c5c4ccc4c5Oc5ccccc5O4)cc3)c3ccccc3-c3ccccc3)cc2)cc1. The molecule has 0 bridgehead atoms. The largest absolute Gasteiger partial charge is 0.449 e. The van der Waals surface area contributed by atoms with Crippen molar-refractivity contribution in [1.29, 1.82) is 0 Å². The Kier molecular flexibility index (Phi) is 8.04. The number of para-hydroxylation sites is 3. The number of anilines is 3. The number of nitrogens with zero attached hydrogens (tertiary/aromatic N) is 1.